The molecule has 72 valence electrons. The first kappa shape index (κ1) is 9.37. The van der Waals surface area contributed by atoms with Crippen LogP contribution in [-0.4, -0.2) is 17.1 Å². The maximum Gasteiger partial charge on any atom is 0.129 e. The second-order valence-electron chi connectivity index (χ2n) is 2.96. The number of fused-ring (bicyclic) bond motifs is 1. The summed E-state index contributed by atoms with van der Waals surface area (Å²) >= 11 is 5.76. The van der Waals surface area contributed by atoms with E-state index < -0.39 is 0 Å². The molecule has 0 N–H and O–H groups in total. The van der Waals surface area contributed by atoms with Gasteiger partial charge in [0.25, 0.3) is 0 Å². The molecule has 0 amide bonds. The number of halogens is 1. The lowest BCUT2D eigenvalue weighted by molar-refractivity contribution is 0.181. The molecule has 3 nitrogen and oxygen atoms in total. The van der Waals surface area contributed by atoms with Crippen molar-refractivity contribution in [3.8, 4) is 0 Å². The molecule has 2 rings (SSSR count). The van der Waals surface area contributed by atoms with E-state index in [-0.39, 0.29) is 0 Å². The smallest absolute Gasteiger partial charge is 0.129 e. The number of nitrogens with zero attached hydrogens (tertiary/aromatic N) is 2. The fourth-order valence-corrected chi connectivity index (χ4v) is 1.45. The molecule has 0 spiro atoms. The summed E-state index contributed by atoms with van der Waals surface area (Å²) in [6.45, 7) is 0.512. The Kier molecular flexibility index (Phi) is 2.61. The summed E-state index contributed by atoms with van der Waals surface area (Å²) in [5.41, 5.74) is 0.893. The highest BCUT2D eigenvalue weighted by atomic mass is 35.5. The Balaban J connectivity index is 2.50. The van der Waals surface area contributed by atoms with Crippen LogP contribution in [0.1, 0.15) is 5.69 Å². The number of pyridine rings is 2. The van der Waals surface area contributed by atoms with Crippen LogP contribution in [0.25, 0.3) is 10.8 Å². The highest BCUT2D eigenvalue weighted by molar-refractivity contribution is 6.30. The second-order valence-corrected chi connectivity index (χ2v) is 3.35. The molecule has 0 radical (unpaired) electrons. The Morgan fingerprint density at radius 3 is 2.71 bits per heavy atom. The maximum atomic E-state index is 5.76. The number of ether oxygens (including phenoxy) is 1. The molecular formula is C10H9ClN2O. The van der Waals surface area contributed by atoms with E-state index in [1.54, 1.807) is 25.6 Å². The Morgan fingerprint density at radius 1 is 1.21 bits per heavy atom. The van der Waals surface area contributed by atoms with Crippen molar-refractivity contribution in [1.29, 1.82) is 0 Å². The van der Waals surface area contributed by atoms with E-state index in [1.807, 2.05) is 6.07 Å². The van der Waals surface area contributed by atoms with Crippen LogP contribution in [0.15, 0.2) is 24.5 Å². The van der Waals surface area contributed by atoms with E-state index in [0.717, 1.165) is 16.5 Å². The van der Waals surface area contributed by atoms with E-state index in [9.17, 15) is 0 Å². The average Bonchev–Trinajstić information content (AvgIpc) is 2.19. The summed E-state index contributed by atoms with van der Waals surface area (Å²) in [5, 5.41) is 2.50. The van der Waals surface area contributed by atoms with E-state index in [4.69, 9.17) is 16.3 Å². The van der Waals surface area contributed by atoms with Crippen LogP contribution in [0.2, 0.25) is 5.15 Å². The number of hydrogen-bond donors (Lipinski definition) is 0. The van der Waals surface area contributed by atoms with Gasteiger partial charge in [0.15, 0.2) is 0 Å². The third kappa shape index (κ3) is 1.84. The molecule has 2 aromatic rings. The zero-order valence-corrected chi connectivity index (χ0v) is 8.45. The first-order chi connectivity index (χ1) is 6.79. The van der Waals surface area contributed by atoms with E-state index >= 15 is 0 Å². The van der Waals surface area contributed by atoms with Crippen LogP contribution in [0.4, 0.5) is 0 Å². The number of rotatable bonds is 2. The molecule has 0 aliphatic carbocycles. The lowest BCUT2D eigenvalue weighted by Gasteiger charge is -2.01. The lowest BCUT2D eigenvalue weighted by atomic mass is 10.2. The predicted octanol–water partition coefficient (Wildman–Crippen LogP) is 2.43. The van der Waals surface area contributed by atoms with Gasteiger partial charge in [-0.1, -0.05) is 11.6 Å². The number of hydrogen-bond acceptors (Lipinski definition) is 3. The maximum absolute atomic E-state index is 5.76. The summed E-state index contributed by atoms with van der Waals surface area (Å²) < 4.78 is 4.99. The van der Waals surface area contributed by atoms with Gasteiger partial charge in [-0.3, -0.25) is 4.98 Å². The first-order valence-electron chi connectivity index (χ1n) is 4.19. The SMILES string of the molecule is COCc1cc2cnc(Cl)cc2cn1. The molecule has 14 heavy (non-hydrogen) atoms. The average molecular weight is 209 g/mol. The van der Waals surface area contributed by atoms with Crippen LogP contribution >= 0.6 is 11.6 Å². The van der Waals surface area contributed by atoms with E-state index in [0.29, 0.717) is 11.8 Å². The van der Waals surface area contributed by atoms with Crippen LogP contribution in [0, 0.1) is 0 Å². The van der Waals surface area contributed by atoms with Crippen molar-refractivity contribution < 1.29 is 4.74 Å². The van der Waals surface area contributed by atoms with Crippen molar-refractivity contribution in [3.05, 3.63) is 35.4 Å². The fourth-order valence-electron chi connectivity index (χ4n) is 1.28. The molecule has 0 unspecified atom stereocenters. The standard InChI is InChI=1S/C10H9ClN2O/c1-14-6-9-2-7-5-13-10(11)3-8(7)4-12-9/h2-5H,6H2,1H3. The minimum atomic E-state index is 0.485. The molecule has 2 aromatic heterocycles. The summed E-state index contributed by atoms with van der Waals surface area (Å²) in [4.78, 5) is 8.23. The summed E-state index contributed by atoms with van der Waals surface area (Å²) in [5.74, 6) is 0. The van der Waals surface area contributed by atoms with Gasteiger partial charge in [-0.25, -0.2) is 4.98 Å². The van der Waals surface area contributed by atoms with Crippen LogP contribution in [0.3, 0.4) is 0 Å². The van der Waals surface area contributed by atoms with Gasteiger partial charge in [0.1, 0.15) is 5.15 Å². The molecule has 0 saturated heterocycles. The zero-order chi connectivity index (χ0) is 9.97. The first-order valence-corrected chi connectivity index (χ1v) is 4.56. The van der Waals surface area contributed by atoms with Gasteiger partial charge in [0.2, 0.25) is 0 Å². The molecule has 2 heterocycles. The highest BCUT2D eigenvalue weighted by Crippen LogP contribution is 2.16. The topological polar surface area (TPSA) is 35.0 Å². The quantitative estimate of drug-likeness (QED) is 0.711. The molecule has 0 aliphatic rings. The lowest BCUT2D eigenvalue weighted by Crippen LogP contribution is -1.91. The molecule has 4 heteroatoms. The molecule has 0 aliphatic heterocycles. The van der Waals surface area contributed by atoms with Gasteiger partial charge in [0.05, 0.1) is 12.3 Å². The fraction of sp³-hybridized carbons (Fsp3) is 0.200. The van der Waals surface area contributed by atoms with Gasteiger partial charge < -0.3 is 4.74 Å². The number of methoxy groups -OCH3 is 1. The molecule has 0 fully saturated rings. The van der Waals surface area contributed by atoms with Crippen LogP contribution in [0.5, 0.6) is 0 Å². The van der Waals surface area contributed by atoms with Crippen LogP contribution in [-0.2, 0) is 11.3 Å². The predicted molar refractivity (Wildman–Crippen MR) is 55.3 cm³/mol. The molecule has 0 bridgehead atoms. The Labute approximate surface area is 86.7 Å². The molecular weight excluding hydrogens is 200 g/mol. The number of aromatic nitrogens is 2. The van der Waals surface area contributed by atoms with E-state index in [2.05, 4.69) is 9.97 Å². The largest absolute Gasteiger partial charge is 0.378 e. The second kappa shape index (κ2) is 3.90. The summed E-state index contributed by atoms with van der Waals surface area (Å²) in [6.07, 6.45) is 3.51. The van der Waals surface area contributed by atoms with Crippen molar-refractivity contribution in [1.82, 2.24) is 9.97 Å². The van der Waals surface area contributed by atoms with Gasteiger partial charge in [-0.05, 0) is 12.1 Å². The van der Waals surface area contributed by atoms with Gasteiger partial charge in [-0.15, -0.1) is 0 Å². The Morgan fingerprint density at radius 2 is 1.93 bits per heavy atom. The van der Waals surface area contributed by atoms with Crippen molar-refractivity contribution in [2.75, 3.05) is 7.11 Å². The van der Waals surface area contributed by atoms with Crippen LogP contribution < -0.4 is 0 Å². The third-order valence-corrected chi connectivity index (χ3v) is 2.13. The van der Waals surface area contributed by atoms with Crippen molar-refractivity contribution in [2.45, 2.75) is 6.61 Å². The van der Waals surface area contributed by atoms with Crippen molar-refractivity contribution in [2.24, 2.45) is 0 Å². The van der Waals surface area contributed by atoms with Crippen molar-refractivity contribution >= 4 is 22.4 Å². The summed E-state index contributed by atoms with van der Waals surface area (Å²) in [6, 6.07) is 3.74. The van der Waals surface area contributed by atoms with Crippen molar-refractivity contribution in [3.63, 3.8) is 0 Å². The Bertz CT molecular complexity index is 459. The Hall–Kier alpha value is -1.19. The molecule has 0 aromatic carbocycles. The zero-order valence-electron chi connectivity index (χ0n) is 7.70. The van der Waals surface area contributed by atoms with E-state index in [1.165, 1.54) is 0 Å². The summed E-state index contributed by atoms with van der Waals surface area (Å²) in [7, 11) is 1.64. The highest BCUT2D eigenvalue weighted by Gasteiger charge is 1.99. The normalized spacial score (nSPS) is 10.7. The van der Waals surface area contributed by atoms with Gasteiger partial charge in [0, 0.05) is 30.3 Å². The molecule has 0 atom stereocenters. The minimum absolute atomic E-state index is 0.485. The monoisotopic (exact) mass is 208 g/mol. The van der Waals surface area contributed by atoms with Gasteiger partial charge in [-0.2, -0.15) is 0 Å². The molecule has 0 saturated carbocycles. The van der Waals surface area contributed by atoms with Gasteiger partial charge >= 0.3 is 0 Å². The third-order valence-electron chi connectivity index (χ3n) is 1.92. The minimum Gasteiger partial charge on any atom is -0.378 e.